The molecule has 0 fully saturated rings. The number of hydrogen-bond acceptors (Lipinski definition) is 7. The van der Waals surface area contributed by atoms with E-state index in [2.05, 4.69) is 15.3 Å². The summed E-state index contributed by atoms with van der Waals surface area (Å²) in [6.07, 6.45) is 3.44. The van der Waals surface area contributed by atoms with Crippen LogP contribution in [-0.4, -0.2) is 32.7 Å². The van der Waals surface area contributed by atoms with Gasteiger partial charge in [-0.05, 0) is 23.1 Å². The molecular weight excluding hydrogens is 475 g/mol. The van der Waals surface area contributed by atoms with Crippen molar-refractivity contribution >= 4 is 44.7 Å². The molecule has 35 heavy (non-hydrogen) atoms. The lowest BCUT2D eigenvalue weighted by atomic mass is 10.1. The maximum Gasteiger partial charge on any atom is 0.346 e. The van der Waals surface area contributed by atoms with Gasteiger partial charge in [-0.15, -0.1) is 11.3 Å². The molecule has 0 spiro atoms. The van der Waals surface area contributed by atoms with E-state index in [1.807, 2.05) is 24.3 Å². The molecule has 3 heterocycles. The number of benzene rings is 2. The number of pyridine rings is 1. The number of aromatic amines is 1. The molecule has 0 unspecified atom stereocenters. The van der Waals surface area contributed by atoms with E-state index in [1.54, 1.807) is 12.4 Å². The zero-order valence-corrected chi connectivity index (χ0v) is 19.0. The predicted octanol–water partition coefficient (Wildman–Crippen LogP) is 3.75. The summed E-state index contributed by atoms with van der Waals surface area (Å²) in [5, 5.41) is 15.7. The molecule has 11 heteroatoms. The maximum atomic E-state index is 15.1. The number of aromatic carboxylic acids is 1. The van der Waals surface area contributed by atoms with E-state index < -0.39 is 23.0 Å². The van der Waals surface area contributed by atoms with Crippen LogP contribution in [0.1, 0.15) is 15.2 Å². The van der Waals surface area contributed by atoms with Gasteiger partial charge < -0.3 is 20.1 Å². The Morgan fingerprint density at radius 3 is 2.89 bits per heavy atom. The molecule has 0 radical (unpaired) electrons. The summed E-state index contributed by atoms with van der Waals surface area (Å²) in [6, 6.07) is 10.0. The van der Waals surface area contributed by atoms with Crippen LogP contribution in [0.3, 0.4) is 0 Å². The van der Waals surface area contributed by atoms with Gasteiger partial charge in [0, 0.05) is 35.8 Å². The SMILES string of the molecule is COc1cc(F)c(-n2c(=O)[nH]c3csc(C(=O)O)c3c2=O)cc1NCc1cccc2ccncc12. The van der Waals surface area contributed by atoms with E-state index >= 15 is 4.39 Å². The number of carboxylic acid groups (broad SMARTS) is 1. The summed E-state index contributed by atoms with van der Waals surface area (Å²) in [5.41, 5.74) is -0.840. The number of hydrogen-bond donors (Lipinski definition) is 3. The van der Waals surface area contributed by atoms with Gasteiger partial charge in [0.1, 0.15) is 10.6 Å². The minimum atomic E-state index is -1.32. The Bertz CT molecular complexity index is 1740. The number of nitrogens with one attached hydrogen (secondary N) is 2. The molecule has 0 saturated heterocycles. The lowest BCUT2D eigenvalue weighted by molar-refractivity contribution is 0.0704. The topological polar surface area (TPSA) is 126 Å². The summed E-state index contributed by atoms with van der Waals surface area (Å²) < 4.78 is 21.0. The number of ether oxygens (including phenoxy) is 1. The minimum absolute atomic E-state index is 0.0792. The fourth-order valence-electron chi connectivity index (χ4n) is 3.96. The van der Waals surface area contributed by atoms with Crippen LogP contribution in [0.15, 0.2) is 63.8 Å². The van der Waals surface area contributed by atoms with Crippen LogP contribution in [0.2, 0.25) is 0 Å². The highest BCUT2D eigenvalue weighted by atomic mass is 32.1. The number of methoxy groups -OCH3 is 1. The first-order valence-corrected chi connectivity index (χ1v) is 11.2. The van der Waals surface area contributed by atoms with Crippen LogP contribution < -0.4 is 21.3 Å². The van der Waals surface area contributed by atoms with E-state index in [0.29, 0.717) is 16.8 Å². The van der Waals surface area contributed by atoms with Crippen LogP contribution in [0.25, 0.3) is 27.4 Å². The van der Waals surface area contributed by atoms with E-state index in [-0.39, 0.29) is 27.2 Å². The summed E-state index contributed by atoms with van der Waals surface area (Å²) in [5.74, 6) is -2.04. The van der Waals surface area contributed by atoms with Gasteiger partial charge in [-0.1, -0.05) is 18.2 Å². The number of carboxylic acids is 1. The summed E-state index contributed by atoms with van der Waals surface area (Å²) in [4.78, 5) is 43.8. The van der Waals surface area contributed by atoms with Gasteiger partial charge in [-0.25, -0.2) is 18.5 Å². The lowest BCUT2D eigenvalue weighted by Crippen LogP contribution is -2.34. The number of fused-ring (bicyclic) bond motifs is 2. The Hall–Kier alpha value is -4.51. The molecule has 0 aliphatic rings. The molecule has 176 valence electrons. The molecule has 0 atom stereocenters. The van der Waals surface area contributed by atoms with E-state index in [0.717, 1.165) is 33.7 Å². The molecule has 2 aromatic carbocycles. The van der Waals surface area contributed by atoms with E-state index in [4.69, 9.17) is 4.74 Å². The van der Waals surface area contributed by atoms with Crippen LogP contribution in [0.5, 0.6) is 5.75 Å². The van der Waals surface area contributed by atoms with Gasteiger partial charge in [0.15, 0.2) is 5.82 Å². The van der Waals surface area contributed by atoms with Gasteiger partial charge in [0.2, 0.25) is 0 Å². The molecule has 3 N–H and O–H groups in total. The average Bonchev–Trinajstić information content (AvgIpc) is 3.28. The number of thiophene rings is 1. The number of H-pyrrole nitrogens is 1. The van der Waals surface area contributed by atoms with Crippen molar-refractivity contribution in [2.45, 2.75) is 6.54 Å². The molecule has 5 rings (SSSR count). The Morgan fingerprint density at radius 2 is 2.11 bits per heavy atom. The second-order valence-corrected chi connectivity index (χ2v) is 8.48. The summed E-state index contributed by atoms with van der Waals surface area (Å²) in [6.45, 7) is 0.322. The zero-order valence-electron chi connectivity index (χ0n) is 18.2. The maximum absolute atomic E-state index is 15.1. The zero-order chi connectivity index (χ0) is 24.7. The molecule has 0 aliphatic carbocycles. The average molecular weight is 492 g/mol. The number of halogens is 1. The Balaban J connectivity index is 1.62. The quantitative estimate of drug-likeness (QED) is 0.330. The summed E-state index contributed by atoms with van der Waals surface area (Å²) >= 11 is 0.804. The van der Waals surface area contributed by atoms with Crippen LogP contribution in [0, 0.1) is 5.82 Å². The van der Waals surface area contributed by atoms with Crippen molar-refractivity contribution in [1.82, 2.24) is 14.5 Å². The molecule has 0 bridgehead atoms. The minimum Gasteiger partial charge on any atom is -0.494 e. The van der Waals surface area contributed by atoms with Crippen LogP contribution in [0.4, 0.5) is 10.1 Å². The van der Waals surface area contributed by atoms with Gasteiger partial charge in [-0.3, -0.25) is 9.78 Å². The molecule has 0 saturated carbocycles. The van der Waals surface area contributed by atoms with Gasteiger partial charge in [-0.2, -0.15) is 0 Å². The molecule has 3 aromatic heterocycles. The predicted molar refractivity (Wildman–Crippen MR) is 131 cm³/mol. The molecule has 5 aromatic rings. The van der Waals surface area contributed by atoms with Gasteiger partial charge >= 0.3 is 11.7 Å². The highest BCUT2D eigenvalue weighted by Crippen LogP contribution is 2.30. The highest BCUT2D eigenvalue weighted by Gasteiger charge is 2.21. The second kappa shape index (κ2) is 8.69. The number of anilines is 1. The first kappa shape index (κ1) is 22.3. The summed E-state index contributed by atoms with van der Waals surface area (Å²) in [7, 11) is 1.37. The van der Waals surface area contributed by atoms with Crippen LogP contribution >= 0.6 is 11.3 Å². The van der Waals surface area contributed by atoms with Crippen molar-refractivity contribution in [3.05, 3.63) is 91.3 Å². The smallest absolute Gasteiger partial charge is 0.346 e. The third-order valence-electron chi connectivity index (χ3n) is 5.60. The van der Waals surface area contributed by atoms with Crippen molar-refractivity contribution in [2.24, 2.45) is 0 Å². The number of rotatable bonds is 6. The highest BCUT2D eigenvalue weighted by molar-refractivity contribution is 7.13. The number of carbonyl (C=O) groups is 1. The Labute approximate surface area is 200 Å². The first-order valence-electron chi connectivity index (χ1n) is 10.3. The van der Waals surface area contributed by atoms with Crippen molar-refractivity contribution < 1.29 is 19.0 Å². The number of aromatic nitrogens is 3. The van der Waals surface area contributed by atoms with Gasteiger partial charge in [0.25, 0.3) is 5.56 Å². The lowest BCUT2D eigenvalue weighted by Gasteiger charge is -2.15. The Kier molecular flexibility index (Phi) is 5.53. The third-order valence-corrected chi connectivity index (χ3v) is 6.57. The second-order valence-electron chi connectivity index (χ2n) is 7.60. The van der Waals surface area contributed by atoms with Crippen molar-refractivity contribution in [1.29, 1.82) is 0 Å². The van der Waals surface area contributed by atoms with E-state index in [1.165, 1.54) is 18.6 Å². The standard InChI is InChI=1S/C24H17FN4O5S/c1-34-19-7-15(25)18(29-22(30)20-17(28-24(29)33)11-35-21(20)23(31)32)8-16(19)27-9-13-4-2-3-12-5-6-26-10-14(12)13/h2-8,10-11,27H,9H2,1H3,(H,28,33)(H,31,32). The van der Waals surface area contributed by atoms with Crippen molar-refractivity contribution in [3.8, 4) is 11.4 Å². The van der Waals surface area contributed by atoms with Crippen molar-refractivity contribution in [2.75, 3.05) is 12.4 Å². The largest absolute Gasteiger partial charge is 0.494 e. The monoisotopic (exact) mass is 492 g/mol. The normalized spacial score (nSPS) is 11.1. The Morgan fingerprint density at radius 1 is 1.29 bits per heavy atom. The first-order chi connectivity index (χ1) is 16.9. The third kappa shape index (κ3) is 3.81. The van der Waals surface area contributed by atoms with Gasteiger partial charge in [0.05, 0.1) is 29.4 Å². The molecule has 0 aliphatic heterocycles. The molecule has 9 nitrogen and oxygen atoms in total. The fourth-order valence-corrected chi connectivity index (χ4v) is 4.79. The van der Waals surface area contributed by atoms with Crippen LogP contribution in [-0.2, 0) is 6.54 Å². The fraction of sp³-hybridized carbons (Fsp3) is 0.0833. The number of nitrogens with zero attached hydrogens (tertiary/aromatic N) is 2. The van der Waals surface area contributed by atoms with Crippen molar-refractivity contribution in [3.63, 3.8) is 0 Å². The molecule has 0 amide bonds. The van der Waals surface area contributed by atoms with E-state index in [9.17, 15) is 19.5 Å². The molecular formula is C24H17FN4O5S.